The molecule has 0 spiro atoms. The van der Waals surface area contributed by atoms with Crippen LogP contribution >= 0.6 is 0 Å². The van der Waals surface area contributed by atoms with Crippen LogP contribution in [-0.4, -0.2) is 23.9 Å². The molecule has 0 heterocycles. The smallest absolute Gasteiger partial charge is 0.338 e. The summed E-state index contributed by atoms with van der Waals surface area (Å²) in [5, 5.41) is 0. The Bertz CT molecular complexity index is 2150. The van der Waals surface area contributed by atoms with Crippen LogP contribution in [0.1, 0.15) is 34.6 Å². The van der Waals surface area contributed by atoms with Gasteiger partial charge in [-0.3, -0.25) is 0 Å². The molecule has 4 aromatic rings. The molecule has 9 nitrogen and oxygen atoms in total. The van der Waals surface area contributed by atoms with Gasteiger partial charge in [-0.1, -0.05) is 80.9 Å². The lowest BCUT2D eigenvalue weighted by Gasteiger charge is -2.15. The molecule has 0 bridgehead atoms. The van der Waals surface area contributed by atoms with Crippen molar-refractivity contribution in [2.75, 3.05) is 0 Å². The van der Waals surface area contributed by atoms with E-state index >= 15 is 0 Å². The topological polar surface area (TPSA) is 114 Å². The van der Waals surface area contributed by atoms with Crippen molar-refractivity contribution in [1.82, 2.24) is 0 Å². The number of hydrogen-bond acceptors (Lipinski definition) is 9. The van der Waals surface area contributed by atoms with Crippen LogP contribution in [0.4, 0.5) is 0 Å². The highest BCUT2D eigenvalue weighted by Crippen LogP contribution is 2.39. The van der Waals surface area contributed by atoms with Crippen LogP contribution in [0.2, 0.25) is 0 Å². The fourth-order valence-electron chi connectivity index (χ4n) is 4.47. The van der Waals surface area contributed by atoms with Gasteiger partial charge in [-0.25, -0.2) is 19.2 Å². The SMILES string of the molecule is C=C(C)C(=O)Oc1ccc(-c2ccc(-c3ccc(-c4ccc(OC(=O)C(=C)C)c(OC(=O)C(=C)C)c4)cc3O/C=C/C)cc2)cc1OC(=O)C(=C)C. The number of hydrogen-bond donors (Lipinski definition) is 0. The summed E-state index contributed by atoms with van der Waals surface area (Å²) >= 11 is 0. The predicted molar refractivity (Wildman–Crippen MR) is 200 cm³/mol. The van der Waals surface area contributed by atoms with Crippen LogP contribution in [0.15, 0.2) is 140 Å². The summed E-state index contributed by atoms with van der Waals surface area (Å²) in [5.41, 5.74) is 5.25. The molecule has 0 aromatic heterocycles. The van der Waals surface area contributed by atoms with Gasteiger partial charge in [-0.05, 0) is 92.8 Å². The first kappa shape index (κ1) is 38.1. The summed E-state index contributed by atoms with van der Waals surface area (Å²) in [6.45, 7) is 22.4. The summed E-state index contributed by atoms with van der Waals surface area (Å²) in [6, 6.07) is 23.0. The van der Waals surface area contributed by atoms with Gasteiger partial charge in [0.2, 0.25) is 0 Å². The number of allylic oxidation sites excluding steroid dienone is 1. The molecule has 0 radical (unpaired) electrons. The number of ether oxygens (including phenoxy) is 5. The maximum atomic E-state index is 12.4. The highest BCUT2D eigenvalue weighted by atomic mass is 16.6. The number of esters is 4. The van der Waals surface area contributed by atoms with Gasteiger partial charge >= 0.3 is 23.9 Å². The Morgan fingerprint density at radius 3 is 1.17 bits per heavy atom. The van der Waals surface area contributed by atoms with E-state index in [1.165, 1.54) is 33.8 Å². The van der Waals surface area contributed by atoms with Crippen molar-refractivity contribution in [3.63, 3.8) is 0 Å². The molecule has 0 atom stereocenters. The van der Waals surface area contributed by atoms with Gasteiger partial charge in [-0.2, -0.15) is 0 Å². The molecule has 0 fully saturated rings. The summed E-state index contributed by atoms with van der Waals surface area (Å²) in [4.78, 5) is 49.3. The Hall–Kier alpha value is -6.74. The van der Waals surface area contributed by atoms with Crippen LogP contribution in [0.5, 0.6) is 28.7 Å². The third kappa shape index (κ3) is 9.48. The lowest BCUT2D eigenvalue weighted by atomic mass is 9.97. The van der Waals surface area contributed by atoms with E-state index in [1.54, 1.807) is 42.7 Å². The van der Waals surface area contributed by atoms with Crippen molar-refractivity contribution < 1.29 is 42.9 Å². The Kier molecular flexibility index (Phi) is 12.3. The summed E-state index contributed by atoms with van der Waals surface area (Å²) < 4.78 is 27.8. The third-order valence-corrected chi connectivity index (χ3v) is 7.27. The molecule has 0 saturated heterocycles. The zero-order valence-corrected chi connectivity index (χ0v) is 29.7. The van der Waals surface area contributed by atoms with E-state index in [1.807, 2.05) is 49.4 Å². The van der Waals surface area contributed by atoms with E-state index in [-0.39, 0.29) is 45.3 Å². The first-order valence-corrected chi connectivity index (χ1v) is 16.0. The number of carbonyl (C=O) groups is 4. The minimum absolute atomic E-state index is 0.0373. The molecule has 0 aliphatic heterocycles. The molecular formula is C43H38O9. The van der Waals surface area contributed by atoms with E-state index in [0.717, 1.165) is 22.3 Å². The summed E-state index contributed by atoms with van der Waals surface area (Å²) in [7, 11) is 0. The number of carbonyl (C=O) groups excluding carboxylic acids is 4. The molecule has 4 rings (SSSR count). The highest BCUT2D eigenvalue weighted by Gasteiger charge is 2.19. The molecule has 264 valence electrons. The van der Waals surface area contributed by atoms with Crippen molar-refractivity contribution in [1.29, 1.82) is 0 Å². The van der Waals surface area contributed by atoms with E-state index in [4.69, 9.17) is 23.7 Å². The predicted octanol–water partition coefficient (Wildman–Crippen LogP) is 9.53. The minimum atomic E-state index is -0.674. The summed E-state index contributed by atoms with van der Waals surface area (Å²) in [6.07, 6.45) is 3.32. The van der Waals surface area contributed by atoms with Gasteiger partial charge in [0.05, 0.1) is 6.26 Å². The van der Waals surface area contributed by atoms with E-state index in [9.17, 15) is 19.2 Å². The van der Waals surface area contributed by atoms with Crippen molar-refractivity contribution >= 4 is 23.9 Å². The lowest BCUT2D eigenvalue weighted by Crippen LogP contribution is -2.12. The zero-order valence-electron chi connectivity index (χ0n) is 29.7. The maximum absolute atomic E-state index is 12.4. The van der Waals surface area contributed by atoms with Crippen LogP contribution in [0.25, 0.3) is 33.4 Å². The standard InChI is InChI=1S/C43H38O9/c1-10-21-48-37-22-32(33-17-20-36(50-41(45)26(4)5)39(24-33)52-43(47)28(8)9)15-18-34(37)30-13-11-29(12-14-30)31-16-19-35(49-40(44)25(2)3)38(23-31)51-42(46)27(6)7/h10-24H,2,4,6,8H2,1,3,5,7,9H3/b21-10+. The molecule has 0 aliphatic carbocycles. The monoisotopic (exact) mass is 698 g/mol. The van der Waals surface area contributed by atoms with E-state index in [2.05, 4.69) is 26.3 Å². The average Bonchev–Trinajstić information content (AvgIpc) is 3.11. The number of benzene rings is 4. The van der Waals surface area contributed by atoms with E-state index < -0.39 is 23.9 Å². The first-order chi connectivity index (χ1) is 24.7. The van der Waals surface area contributed by atoms with Crippen molar-refractivity contribution in [2.45, 2.75) is 34.6 Å². The normalized spacial score (nSPS) is 10.6. The molecule has 52 heavy (non-hydrogen) atoms. The minimum Gasteiger partial charge on any atom is -0.465 e. The maximum Gasteiger partial charge on any atom is 0.338 e. The second-order valence-corrected chi connectivity index (χ2v) is 11.9. The molecule has 0 saturated carbocycles. The van der Waals surface area contributed by atoms with E-state index in [0.29, 0.717) is 16.9 Å². The Balaban J connectivity index is 1.71. The first-order valence-electron chi connectivity index (χ1n) is 16.0. The third-order valence-electron chi connectivity index (χ3n) is 7.27. The second-order valence-electron chi connectivity index (χ2n) is 11.9. The largest absolute Gasteiger partial charge is 0.465 e. The van der Waals surface area contributed by atoms with Gasteiger partial charge in [0.25, 0.3) is 0 Å². The van der Waals surface area contributed by atoms with Crippen LogP contribution in [-0.2, 0) is 19.2 Å². The van der Waals surface area contributed by atoms with Gasteiger partial charge in [0.15, 0.2) is 23.0 Å². The van der Waals surface area contributed by atoms with Gasteiger partial charge < -0.3 is 23.7 Å². The molecular weight excluding hydrogens is 660 g/mol. The highest BCUT2D eigenvalue weighted by molar-refractivity contribution is 5.93. The van der Waals surface area contributed by atoms with Gasteiger partial charge in [0.1, 0.15) is 5.75 Å². The average molecular weight is 699 g/mol. The van der Waals surface area contributed by atoms with Crippen molar-refractivity contribution in [3.8, 4) is 62.1 Å². The number of rotatable bonds is 13. The Morgan fingerprint density at radius 2 is 0.769 bits per heavy atom. The molecule has 9 heteroatoms. The summed E-state index contributed by atoms with van der Waals surface area (Å²) in [5.74, 6) is -1.90. The second kappa shape index (κ2) is 16.8. The lowest BCUT2D eigenvalue weighted by molar-refractivity contribution is -0.132. The Labute approximate surface area is 302 Å². The van der Waals surface area contributed by atoms with Gasteiger partial charge in [-0.15, -0.1) is 0 Å². The molecule has 0 amide bonds. The van der Waals surface area contributed by atoms with Crippen molar-refractivity contribution in [2.24, 2.45) is 0 Å². The fourth-order valence-corrected chi connectivity index (χ4v) is 4.47. The quantitative estimate of drug-likeness (QED) is 0.0583. The zero-order chi connectivity index (χ0) is 38.1. The van der Waals surface area contributed by atoms with Crippen LogP contribution in [0.3, 0.4) is 0 Å². The van der Waals surface area contributed by atoms with Gasteiger partial charge in [0, 0.05) is 27.9 Å². The molecule has 0 unspecified atom stereocenters. The molecule has 0 N–H and O–H groups in total. The molecule has 4 aromatic carbocycles. The fraction of sp³-hybridized carbons (Fsp3) is 0.116. The van der Waals surface area contributed by atoms with Crippen LogP contribution in [0, 0.1) is 0 Å². The Morgan fingerprint density at radius 1 is 0.442 bits per heavy atom. The molecule has 0 aliphatic rings. The van der Waals surface area contributed by atoms with Crippen LogP contribution < -0.4 is 23.7 Å². The van der Waals surface area contributed by atoms with Crippen molar-refractivity contribution in [3.05, 3.63) is 140 Å².